The number of fused-ring (bicyclic) bond motifs is 1. The molecular weight excluding hydrogens is 210 g/mol. The molecule has 2 aromatic rings. The van der Waals surface area contributed by atoms with Crippen molar-refractivity contribution in [3.05, 3.63) is 29.6 Å². The lowest BCUT2D eigenvalue weighted by molar-refractivity contribution is 0.489. The average Bonchev–Trinajstić information content (AvgIpc) is 2.92. The van der Waals surface area contributed by atoms with Crippen molar-refractivity contribution >= 4 is 11.0 Å². The lowest BCUT2D eigenvalue weighted by Crippen LogP contribution is -2.13. The minimum absolute atomic E-state index is 0.758. The summed E-state index contributed by atoms with van der Waals surface area (Å²) in [5.41, 5.74) is 5.08. The second kappa shape index (κ2) is 4.15. The Morgan fingerprint density at radius 3 is 2.94 bits per heavy atom. The van der Waals surface area contributed by atoms with Crippen molar-refractivity contribution in [3.8, 4) is 0 Å². The predicted octanol–water partition coefficient (Wildman–Crippen LogP) is 2.26. The van der Waals surface area contributed by atoms with Gasteiger partial charge in [0, 0.05) is 6.54 Å². The highest BCUT2D eigenvalue weighted by atomic mass is 15.1. The van der Waals surface area contributed by atoms with Crippen molar-refractivity contribution in [2.24, 2.45) is 5.92 Å². The molecule has 0 bridgehead atoms. The van der Waals surface area contributed by atoms with E-state index in [1.807, 2.05) is 6.33 Å². The second-order valence-electron chi connectivity index (χ2n) is 5.18. The van der Waals surface area contributed by atoms with E-state index in [-0.39, 0.29) is 0 Å². The summed E-state index contributed by atoms with van der Waals surface area (Å²) in [5.74, 6) is 0.758. The highest BCUT2D eigenvalue weighted by Crippen LogP contribution is 2.20. The fourth-order valence-corrected chi connectivity index (χ4v) is 2.61. The second-order valence-corrected chi connectivity index (χ2v) is 5.18. The van der Waals surface area contributed by atoms with Gasteiger partial charge in [-0.3, -0.25) is 0 Å². The topological polar surface area (TPSA) is 29.9 Å². The number of hydrogen-bond acceptors (Lipinski definition) is 2. The summed E-state index contributed by atoms with van der Waals surface area (Å²) < 4.78 is 2.31. The molecule has 3 heteroatoms. The molecular formula is C14H19N3. The molecule has 0 saturated carbocycles. The molecule has 1 aliphatic heterocycles. The van der Waals surface area contributed by atoms with Crippen LogP contribution in [0.2, 0.25) is 0 Å². The molecule has 3 rings (SSSR count). The Bertz CT molecular complexity index is 536. The molecule has 1 unspecified atom stereocenters. The van der Waals surface area contributed by atoms with Gasteiger partial charge in [-0.25, -0.2) is 4.98 Å². The molecule has 2 heterocycles. The van der Waals surface area contributed by atoms with E-state index in [1.165, 1.54) is 23.1 Å². The molecule has 17 heavy (non-hydrogen) atoms. The molecule has 0 aliphatic carbocycles. The van der Waals surface area contributed by atoms with Crippen LogP contribution in [0.4, 0.5) is 0 Å². The Labute approximate surface area is 102 Å². The maximum Gasteiger partial charge on any atom is 0.0958 e. The van der Waals surface area contributed by atoms with Gasteiger partial charge >= 0.3 is 0 Å². The molecule has 1 atom stereocenters. The molecule has 1 aliphatic rings. The van der Waals surface area contributed by atoms with E-state index in [9.17, 15) is 0 Å². The predicted molar refractivity (Wildman–Crippen MR) is 70.2 cm³/mol. The van der Waals surface area contributed by atoms with E-state index in [1.54, 1.807) is 0 Å². The van der Waals surface area contributed by atoms with Crippen LogP contribution in [0.3, 0.4) is 0 Å². The van der Waals surface area contributed by atoms with E-state index < -0.39 is 0 Å². The minimum atomic E-state index is 0.758. The van der Waals surface area contributed by atoms with Gasteiger partial charge in [-0.2, -0.15) is 0 Å². The van der Waals surface area contributed by atoms with Crippen LogP contribution in [-0.4, -0.2) is 22.6 Å². The third-order valence-corrected chi connectivity index (χ3v) is 3.85. The molecule has 1 saturated heterocycles. The van der Waals surface area contributed by atoms with Gasteiger partial charge in [-0.05, 0) is 62.5 Å². The van der Waals surface area contributed by atoms with Gasteiger partial charge in [0.25, 0.3) is 0 Å². The number of aromatic nitrogens is 2. The quantitative estimate of drug-likeness (QED) is 0.856. The standard InChI is InChI=1S/C14H19N3/c1-10-5-13-14(6-11(10)2)17(9-16-13)8-12-3-4-15-7-12/h5-6,9,12,15H,3-4,7-8H2,1-2H3. The molecule has 0 radical (unpaired) electrons. The van der Waals surface area contributed by atoms with Crippen molar-refractivity contribution in [1.82, 2.24) is 14.9 Å². The van der Waals surface area contributed by atoms with Crippen molar-refractivity contribution in [3.63, 3.8) is 0 Å². The molecule has 0 spiro atoms. The largest absolute Gasteiger partial charge is 0.330 e. The van der Waals surface area contributed by atoms with Gasteiger partial charge in [0.15, 0.2) is 0 Å². The monoisotopic (exact) mass is 229 g/mol. The van der Waals surface area contributed by atoms with E-state index >= 15 is 0 Å². The summed E-state index contributed by atoms with van der Waals surface area (Å²) >= 11 is 0. The number of nitrogens with one attached hydrogen (secondary N) is 1. The third-order valence-electron chi connectivity index (χ3n) is 3.85. The number of hydrogen-bond donors (Lipinski definition) is 1. The lowest BCUT2D eigenvalue weighted by atomic mass is 10.1. The zero-order chi connectivity index (χ0) is 11.8. The molecule has 3 nitrogen and oxygen atoms in total. The lowest BCUT2D eigenvalue weighted by Gasteiger charge is -2.10. The van der Waals surface area contributed by atoms with Crippen LogP contribution in [0, 0.1) is 19.8 Å². The zero-order valence-corrected chi connectivity index (χ0v) is 10.5. The van der Waals surface area contributed by atoms with E-state index in [0.29, 0.717) is 0 Å². The van der Waals surface area contributed by atoms with Gasteiger partial charge in [0.2, 0.25) is 0 Å². The van der Waals surface area contributed by atoms with Crippen LogP contribution in [0.15, 0.2) is 18.5 Å². The summed E-state index contributed by atoms with van der Waals surface area (Å²) in [5, 5.41) is 3.42. The molecule has 1 N–H and O–H groups in total. The van der Waals surface area contributed by atoms with Crippen LogP contribution < -0.4 is 5.32 Å². The first-order valence-electron chi connectivity index (χ1n) is 6.37. The molecule has 90 valence electrons. The Hall–Kier alpha value is -1.35. The molecule has 1 aromatic heterocycles. The summed E-state index contributed by atoms with van der Waals surface area (Å²) in [6, 6.07) is 4.45. The Kier molecular flexibility index (Phi) is 2.63. The fraction of sp³-hybridized carbons (Fsp3) is 0.500. The number of imidazole rings is 1. The third kappa shape index (κ3) is 1.95. The van der Waals surface area contributed by atoms with Crippen LogP contribution in [0.1, 0.15) is 17.5 Å². The normalized spacial score (nSPS) is 20.2. The summed E-state index contributed by atoms with van der Waals surface area (Å²) in [4.78, 5) is 4.51. The Morgan fingerprint density at radius 2 is 2.18 bits per heavy atom. The number of rotatable bonds is 2. The maximum absolute atomic E-state index is 4.51. The zero-order valence-electron chi connectivity index (χ0n) is 10.5. The SMILES string of the molecule is Cc1cc2ncn(CC3CCNC3)c2cc1C. The first kappa shape index (κ1) is 10.8. The summed E-state index contributed by atoms with van der Waals surface area (Å²) in [6.07, 6.45) is 3.27. The van der Waals surface area contributed by atoms with Gasteiger partial charge in [-0.1, -0.05) is 0 Å². The first-order chi connectivity index (χ1) is 8.24. The minimum Gasteiger partial charge on any atom is -0.330 e. The number of aryl methyl sites for hydroxylation is 2. The van der Waals surface area contributed by atoms with Crippen LogP contribution >= 0.6 is 0 Å². The number of benzene rings is 1. The Balaban J connectivity index is 1.96. The van der Waals surface area contributed by atoms with Crippen molar-refractivity contribution in [2.45, 2.75) is 26.8 Å². The highest BCUT2D eigenvalue weighted by Gasteiger charge is 2.16. The molecule has 1 fully saturated rings. The van der Waals surface area contributed by atoms with Gasteiger partial charge in [0.1, 0.15) is 0 Å². The summed E-state index contributed by atoms with van der Waals surface area (Å²) in [7, 11) is 0. The van der Waals surface area contributed by atoms with Gasteiger partial charge in [0.05, 0.1) is 17.4 Å². The van der Waals surface area contributed by atoms with Crippen LogP contribution in [-0.2, 0) is 6.54 Å². The van der Waals surface area contributed by atoms with Crippen molar-refractivity contribution in [2.75, 3.05) is 13.1 Å². The summed E-state index contributed by atoms with van der Waals surface area (Å²) in [6.45, 7) is 7.71. The number of nitrogens with zero attached hydrogens (tertiary/aromatic N) is 2. The first-order valence-corrected chi connectivity index (χ1v) is 6.37. The van der Waals surface area contributed by atoms with Gasteiger partial charge in [-0.15, -0.1) is 0 Å². The van der Waals surface area contributed by atoms with E-state index in [4.69, 9.17) is 0 Å². The van der Waals surface area contributed by atoms with Crippen molar-refractivity contribution < 1.29 is 0 Å². The molecule has 1 aromatic carbocycles. The van der Waals surface area contributed by atoms with Crippen molar-refractivity contribution in [1.29, 1.82) is 0 Å². The maximum atomic E-state index is 4.51. The highest BCUT2D eigenvalue weighted by molar-refractivity contribution is 5.77. The fourth-order valence-electron chi connectivity index (χ4n) is 2.61. The Morgan fingerprint density at radius 1 is 1.35 bits per heavy atom. The smallest absolute Gasteiger partial charge is 0.0958 e. The molecule has 0 amide bonds. The van der Waals surface area contributed by atoms with Gasteiger partial charge < -0.3 is 9.88 Å². The van der Waals surface area contributed by atoms with Crippen LogP contribution in [0.25, 0.3) is 11.0 Å². The van der Waals surface area contributed by atoms with Crippen LogP contribution in [0.5, 0.6) is 0 Å². The van der Waals surface area contributed by atoms with E-state index in [2.05, 4.69) is 40.8 Å². The van der Waals surface area contributed by atoms with E-state index in [0.717, 1.165) is 31.1 Å². The average molecular weight is 229 g/mol.